The Morgan fingerprint density at radius 2 is 1.88 bits per heavy atom. The van der Waals surface area contributed by atoms with Crippen molar-refractivity contribution in [3.8, 4) is 5.69 Å². The molecule has 0 aliphatic rings. The maximum atomic E-state index is 13.1. The predicted molar refractivity (Wildman–Crippen MR) is 101 cm³/mol. The number of benzene rings is 2. The molecule has 1 heterocycles. The van der Waals surface area contributed by atoms with Gasteiger partial charge in [-0.05, 0) is 56.2 Å². The number of thioether (sulfide) groups is 1. The van der Waals surface area contributed by atoms with Crippen LogP contribution in [0, 0.1) is 13.8 Å². The molecule has 3 rings (SSSR count). The fourth-order valence-electron chi connectivity index (χ4n) is 2.50. The predicted octanol–water partition coefficient (Wildman–Crippen LogP) is 2.97. The third kappa shape index (κ3) is 3.30. The number of nitrogens with zero attached hydrogens (tertiary/aromatic N) is 2. The lowest BCUT2D eigenvalue weighted by Gasteiger charge is -2.16. The molecule has 0 aliphatic carbocycles. The van der Waals surface area contributed by atoms with E-state index in [0.717, 1.165) is 16.8 Å². The van der Waals surface area contributed by atoms with Gasteiger partial charge in [-0.15, -0.1) is 0 Å². The van der Waals surface area contributed by atoms with Crippen LogP contribution in [0.4, 0.5) is 0 Å². The minimum Gasteiger partial charge on any atom is -0.369 e. The molecule has 0 saturated carbocycles. The van der Waals surface area contributed by atoms with E-state index in [9.17, 15) is 9.59 Å². The monoisotopic (exact) mass is 353 g/mol. The molecule has 2 N–H and O–H groups in total. The van der Waals surface area contributed by atoms with Crippen molar-refractivity contribution < 1.29 is 4.79 Å². The summed E-state index contributed by atoms with van der Waals surface area (Å²) in [5.74, 6) is -0.445. The van der Waals surface area contributed by atoms with Gasteiger partial charge in [0.05, 0.1) is 21.8 Å². The second-order valence-corrected chi connectivity index (χ2v) is 7.29. The summed E-state index contributed by atoms with van der Waals surface area (Å²) in [6.07, 6.45) is 0. The molecule has 1 aromatic heterocycles. The van der Waals surface area contributed by atoms with Crippen molar-refractivity contribution in [1.29, 1.82) is 0 Å². The lowest BCUT2D eigenvalue weighted by molar-refractivity contribution is -0.117. The number of para-hydroxylation sites is 1. The van der Waals surface area contributed by atoms with Crippen LogP contribution in [0.2, 0.25) is 0 Å². The fraction of sp³-hybridized carbons (Fsp3) is 0.211. The first-order chi connectivity index (χ1) is 11.9. The van der Waals surface area contributed by atoms with Crippen LogP contribution in [-0.4, -0.2) is 20.7 Å². The number of hydrogen-bond donors (Lipinski definition) is 1. The largest absolute Gasteiger partial charge is 0.369 e. The smallest absolute Gasteiger partial charge is 0.266 e. The molecule has 0 radical (unpaired) electrons. The summed E-state index contributed by atoms with van der Waals surface area (Å²) in [6.45, 7) is 5.72. The SMILES string of the molecule is Cc1ccc(-n2c(S[C@@H](C)C(N)=O)nc3ccccc3c2=O)cc1C. The number of aryl methyl sites for hydroxylation is 2. The van der Waals surface area contributed by atoms with Crippen LogP contribution >= 0.6 is 11.8 Å². The molecule has 128 valence electrons. The average Bonchev–Trinajstić information content (AvgIpc) is 2.58. The Morgan fingerprint density at radius 1 is 1.16 bits per heavy atom. The van der Waals surface area contributed by atoms with Gasteiger partial charge in [0, 0.05) is 0 Å². The Balaban J connectivity index is 2.29. The molecule has 0 spiro atoms. The maximum absolute atomic E-state index is 13.1. The van der Waals surface area contributed by atoms with Crippen LogP contribution in [0.3, 0.4) is 0 Å². The van der Waals surface area contributed by atoms with Gasteiger partial charge < -0.3 is 5.73 Å². The Bertz CT molecular complexity index is 1030. The van der Waals surface area contributed by atoms with Gasteiger partial charge in [-0.25, -0.2) is 4.98 Å². The van der Waals surface area contributed by atoms with E-state index < -0.39 is 11.2 Å². The summed E-state index contributed by atoms with van der Waals surface area (Å²) in [7, 11) is 0. The van der Waals surface area contributed by atoms with E-state index in [2.05, 4.69) is 4.98 Å². The third-order valence-electron chi connectivity index (χ3n) is 4.18. The second kappa shape index (κ2) is 6.72. The Kier molecular flexibility index (Phi) is 4.63. The van der Waals surface area contributed by atoms with Crippen LogP contribution in [-0.2, 0) is 4.79 Å². The summed E-state index contributed by atoms with van der Waals surface area (Å²) in [4.78, 5) is 29.2. The first-order valence-corrected chi connectivity index (χ1v) is 8.82. The minimum atomic E-state index is -0.495. The van der Waals surface area contributed by atoms with Crippen molar-refractivity contribution in [1.82, 2.24) is 9.55 Å². The molecular weight excluding hydrogens is 334 g/mol. The van der Waals surface area contributed by atoms with Crippen LogP contribution < -0.4 is 11.3 Å². The highest BCUT2D eigenvalue weighted by molar-refractivity contribution is 8.00. The fourth-order valence-corrected chi connectivity index (χ4v) is 3.38. The van der Waals surface area contributed by atoms with Crippen molar-refractivity contribution in [2.24, 2.45) is 5.73 Å². The van der Waals surface area contributed by atoms with Gasteiger partial charge in [-0.3, -0.25) is 14.2 Å². The van der Waals surface area contributed by atoms with Crippen LogP contribution in [0.15, 0.2) is 52.4 Å². The number of hydrogen-bond acceptors (Lipinski definition) is 4. The molecule has 1 atom stereocenters. The summed E-state index contributed by atoms with van der Waals surface area (Å²) >= 11 is 1.19. The van der Waals surface area contributed by atoms with Crippen molar-refractivity contribution >= 4 is 28.6 Å². The number of carbonyl (C=O) groups is 1. The van der Waals surface area contributed by atoms with E-state index in [-0.39, 0.29) is 5.56 Å². The van der Waals surface area contributed by atoms with E-state index in [0.29, 0.717) is 16.1 Å². The van der Waals surface area contributed by atoms with Crippen molar-refractivity contribution in [3.05, 3.63) is 63.9 Å². The number of nitrogens with two attached hydrogens (primary N) is 1. The Hall–Kier alpha value is -2.60. The number of amides is 1. The lowest BCUT2D eigenvalue weighted by Crippen LogP contribution is -2.26. The van der Waals surface area contributed by atoms with E-state index in [4.69, 9.17) is 5.73 Å². The van der Waals surface area contributed by atoms with Crippen LogP contribution in [0.25, 0.3) is 16.6 Å². The first kappa shape index (κ1) is 17.2. The quantitative estimate of drug-likeness (QED) is 0.578. The number of primary amides is 1. The molecule has 0 unspecified atom stereocenters. The van der Waals surface area contributed by atoms with Crippen molar-refractivity contribution in [2.75, 3.05) is 0 Å². The van der Waals surface area contributed by atoms with Gasteiger partial charge >= 0.3 is 0 Å². The third-order valence-corrected chi connectivity index (χ3v) is 5.25. The van der Waals surface area contributed by atoms with Crippen LogP contribution in [0.5, 0.6) is 0 Å². The summed E-state index contributed by atoms with van der Waals surface area (Å²) in [5.41, 5.74) is 8.79. The second-order valence-electron chi connectivity index (χ2n) is 5.98. The molecule has 0 fully saturated rings. The topological polar surface area (TPSA) is 78.0 Å². The van der Waals surface area contributed by atoms with Gasteiger partial charge in [0.1, 0.15) is 0 Å². The van der Waals surface area contributed by atoms with Gasteiger partial charge in [-0.2, -0.15) is 0 Å². The molecular formula is C19H19N3O2S. The first-order valence-electron chi connectivity index (χ1n) is 7.94. The average molecular weight is 353 g/mol. The molecule has 1 amide bonds. The van der Waals surface area contributed by atoms with E-state index in [1.165, 1.54) is 11.8 Å². The van der Waals surface area contributed by atoms with Crippen molar-refractivity contribution in [2.45, 2.75) is 31.2 Å². The van der Waals surface area contributed by atoms with E-state index in [1.807, 2.05) is 44.2 Å². The zero-order valence-corrected chi connectivity index (χ0v) is 15.1. The molecule has 3 aromatic rings. The van der Waals surface area contributed by atoms with Gasteiger partial charge in [-0.1, -0.05) is 30.0 Å². The highest BCUT2D eigenvalue weighted by Crippen LogP contribution is 2.25. The van der Waals surface area contributed by atoms with Gasteiger partial charge in [0.25, 0.3) is 5.56 Å². The molecule has 2 aromatic carbocycles. The molecule has 6 heteroatoms. The summed E-state index contributed by atoms with van der Waals surface area (Å²) in [6, 6.07) is 13.0. The number of carbonyl (C=O) groups excluding carboxylic acids is 1. The molecule has 0 bridgehead atoms. The van der Waals surface area contributed by atoms with Gasteiger partial charge in [0.15, 0.2) is 5.16 Å². The van der Waals surface area contributed by atoms with E-state index in [1.54, 1.807) is 23.6 Å². The zero-order valence-electron chi connectivity index (χ0n) is 14.3. The normalized spacial score (nSPS) is 12.3. The Labute approximate surface area is 149 Å². The summed E-state index contributed by atoms with van der Waals surface area (Å²) in [5, 5.41) is 0.501. The molecule has 0 saturated heterocycles. The van der Waals surface area contributed by atoms with Crippen molar-refractivity contribution in [3.63, 3.8) is 0 Å². The standard InChI is InChI=1S/C19H19N3O2S/c1-11-8-9-14(10-12(11)2)22-18(24)15-6-4-5-7-16(15)21-19(22)25-13(3)17(20)23/h4-10,13H,1-3H3,(H2,20,23)/t13-/m0/s1. The number of aromatic nitrogens is 2. The maximum Gasteiger partial charge on any atom is 0.266 e. The van der Waals surface area contributed by atoms with Gasteiger partial charge in [0.2, 0.25) is 5.91 Å². The molecule has 0 aliphatic heterocycles. The Morgan fingerprint density at radius 3 is 2.56 bits per heavy atom. The number of rotatable bonds is 4. The zero-order chi connectivity index (χ0) is 18.1. The number of fused-ring (bicyclic) bond motifs is 1. The molecule has 5 nitrogen and oxygen atoms in total. The lowest BCUT2D eigenvalue weighted by atomic mass is 10.1. The highest BCUT2D eigenvalue weighted by Gasteiger charge is 2.18. The van der Waals surface area contributed by atoms with Crippen LogP contribution in [0.1, 0.15) is 18.1 Å². The highest BCUT2D eigenvalue weighted by atomic mass is 32.2. The van der Waals surface area contributed by atoms with E-state index >= 15 is 0 Å². The summed E-state index contributed by atoms with van der Waals surface area (Å²) < 4.78 is 1.55. The minimum absolute atomic E-state index is 0.159. The molecule has 25 heavy (non-hydrogen) atoms.